The van der Waals surface area contributed by atoms with Crippen molar-refractivity contribution < 1.29 is 9.53 Å². The van der Waals surface area contributed by atoms with E-state index in [0.717, 1.165) is 0 Å². The van der Waals surface area contributed by atoms with E-state index in [1.807, 2.05) is 6.07 Å². The zero-order valence-electron chi connectivity index (χ0n) is 11.6. The largest absolute Gasteiger partial charge is 0.448 e. The molecule has 0 radical (unpaired) electrons. The van der Waals surface area contributed by atoms with Crippen LogP contribution in [0.2, 0.25) is 10.0 Å². The molecular formula is C15H15Cl3N2O2. The highest BCUT2D eigenvalue weighted by Gasteiger charge is 2.02. The normalized spacial score (nSPS) is 9.41. The van der Waals surface area contributed by atoms with Crippen LogP contribution in [0.1, 0.15) is 0 Å². The predicted molar refractivity (Wildman–Crippen MR) is 93.0 cm³/mol. The second kappa shape index (κ2) is 10.2. The van der Waals surface area contributed by atoms with E-state index in [1.165, 1.54) is 0 Å². The van der Waals surface area contributed by atoms with Gasteiger partial charge in [0.05, 0.1) is 5.88 Å². The maximum atomic E-state index is 11.0. The van der Waals surface area contributed by atoms with Crippen LogP contribution >= 0.6 is 34.8 Å². The van der Waals surface area contributed by atoms with Gasteiger partial charge in [0, 0.05) is 21.4 Å². The van der Waals surface area contributed by atoms with Gasteiger partial charge in [-0.05, 0) is 36.4 Å². The highest BCUT2D eigenvalue weighted by molar-refractivity contribution is 6.31. The molecule has 2 aromatic carbocycles. The summed E-state index contributed by atoms with van der Waals surface area (Å²) in [7, 11) is 0. The van der Waals surface area contributed by atoms with Crippen LogP contribution in [0.3, 0.4) is 0 Å². The molecule has 0 saturated carbocycles. The summed E-state index contributed by atoms with van der Waals surface area (Å²) in [5, 5.41) is 3.75. The van der Waals surface area contributed by atoms with Crippen molar-refractivity contribution in [3.63, 3.8) is 0 Å². The second-order valence-corrected chi connectivity index (χ2v) is 5.27. The first-order chi connectivity index (χ1) is 10.5. The van der Waals surface area contributed by atoms with Gasteiger partial charge in [-0.25, -0.2) is 4.79 Å². The number of carbonyl (C=O) groups excluding carboxylic acids is 1. The molecule has 0 atom stereocenters. The van der Waals surface area contributed by atoms with E-state index in [1.54, 1.807) is 42.5 Å². The molecule has 0 aromatic heterocycles. The molecule has 0 unspecified atom stereocenters. The lowest BCUT2D eigenvalue weighted by Gasteiger charge is -2.05. The highest BCUT2D eigenvalue weighted by atomic mass is 35.5. The smallest absolute Gasteiger partial charge is 0.411 e. The number of nitrogen functional groups attached to an aromatic ring is 1. The van der Waals surface area contributed by atoms with Gasteiger partial charge in [0.1, 0.15) is 6.61 Å². The SMILES string of the molecule is Nc1cccc(Cl)c1.O=C(Nc1cccc(Cl)c1)OCCCl. The van der Waals surface area contributed by atoms with Gasteiger partial charge < -0.3 is 10.5 Å². The van der Waals surface area contributed by atoms with E-state index in [-0.39, 0.29) is 12.5 Å². The minimum Gasteiger partial charge on any atom is -0.448 e. The standard InChI is InChI=1S/C9H9Cl2NO2.C6H6ClN/c10-4-5-14-9(13)12-8-3-1-2-7(11)6-8;7-5-2-1-3-6(8)4-5/h1-3,6H,4-5H2,(H,12,13);1-4H,8H2. The lowest BCUT2D eigenvalue weighted by atomic mass is 10.3. The van der Waals surface area contributed by atoms with E-state index in [0.29, 0.717) is 21.4 Å². The lowest BCUT2D eigenvalue weighted by molar-refractivity contribution is 0.168. The van der Waals surface area contributed by atoms with Gasteiger partial charge in [-0.2, -0.15) is 0 Å². The fraction of sp³-hybridized carbons (Fsp3) is 0.133. The third-order valence-corrected chi connectivity index (χ3v) is 2.85. The molecule has 0 aliphatic heterocycles. The van der Waals surface area contributed by atoms with E-state index >= 15 is 0 Å². The summed E-state index contributed by atoms with van der Waals surface area (Å²) >= 11 is 16.6. The fourth-order valence-corrected chi connectivity index (χ4v) is 1.82. The van der Waals surface area contributed by atoms with E-state index in [4.69, 9.17) is 45.3 Å². The van der Waals surface area contributed by atoms with Crippen LogP contribution in [0.5, 0.6) is 0 Å². The van der Waals surface area contributed by atoms with Crippen molar-refractivity contribution in [2.75, 3.05) is 23.5 Å². The molecule has 0 fully saturated rings. The van der Waals surface area contributed by atoms with Gasteiger partial charge in [-0.1, -0.05) is 35.3 Å². The molecule has 0 saturated heterocycles. The predicted octanol–water partition coefficient (Wildman–Crippen LogP) is 5.05. The van der Waals surface area contributed by atoms with E-state index in [9.17, 15) is 4.79 Å². The summed E-state index contributed by atoms with van der Waals surface area (Å²) in [5.41, 5.74) is 6.67. The molecule has 118 valence electrons. The molecule has 22 heavy (non-hydrogen) atoms. The van der Waals surface area contributed by atoms with Gasteiger partial charge in [0.25, 0.3) is 0 Å². The molecule has 1 amide bonds. The molecule has 7 heteroatoms. The van der Waals surface area contributed by atoms with E-state index in [2.05, 4.69) is 5.32 Å². The molecule has 0 aliphatic carbocycles. The number of rotatable bonds is 3. The Bertz CT molecular complexity index is 592. The Morgan fingerprint density at radius 3 is 2.23 bits per heavy atom. The average molecular weight is 362 g/mol. The molecule has 0 aliphatic rings. The second-order valence-electron chi connectivity index (χ2n) is 4.02. The van der Waals surface area contributed by atoms with Crippen LogP contribution in [-0.2, 0) is 4.74 Å². The molecule has 3 N–H and O–H groups in total. The van der Waals surface area contributed by atoms with Crippen molar-refractivity contribution in [2.24, 2.45) is 0 Å². The van der Waals surface area contributed by atoms with Gasteiger partial charge in [0.2, 0.25) is 0 Å². The summed E-state index contributed by atoms with van der Waals surface area (Å²) in [5.74, 6) is 0.281. The Labute approximate surface area is 144 Å². The quantitative estimate of drug-likeness (QED) is 0.594. The summed E-state index contributed by atoms with van der Waals surface area (Å²) < 4.78 is 4.71. The molecular weight excluding hydrogens is 347 g/mol. The number of ether oxygens (including phenoxy) is 1. The maximum absolute atomic E-state index is 11.0. The van der Waals surface area contributed by atoms with Crippen LogP contribution in [0.25, 0.3) is 0 Å². The zero-order chi connectivity index (χ0) is 16.4. The Morgan fingerprint density at radius 1 is 1.09 bits per heavy atom. The average Bonchev–Trinajstić information content (AvgIpc) is 2.45. The van der Waals surface area contributed by atoms with Crippen LogP contribution in [0, 0.1) is 0 Å². The van der Waals surface area contributed by atoms with Gasteiger partial charge in [-0.15, -0.1) is 11.6 Å². The summed E-state index contributed by atoms with van der Waals surface area (Å²) in [4.78, 5) is 11.0. The topological polar surface area (TPSA) is 64.4 Å². The highest BCUT2D eigenvalue weighted by Crippen LogP contribution is 2.14. The number of hydrogen-bond acceptors (Lipinski definition) is 3. The van der Waals surface area contributed by atoms with Crippen LogP contribution in [0.4, 0.5) is 16.2 Å². The lowest BCUT2D eigenvalue weighted by Crippen LogP contribution is -2.14. The first kappa shape index (κ1) is 18.4. The maximum Gasteiger partial charge on any atom is 0.411 e. The number of anilines is 2. The van der Waals surface area contributed by atoms with Gasteiger partial charge in [-0.3, -0.25) is 5.32 Å². The third kappa shape index (κ3) is 7.98. The number of nitrogens with two attached hydrogens (primary N) is 1. The number of amides is 1. The van der Waals surface area contributed by atoms with Crippen molar-refractivity contribution in [1.29, 1.82) is 0 Å². The van der Waals surface area contributed by atoms with Crippen molar-refractivity contribution in [3.8, 4) is 0 Å². The van der Waals surface area contributed by atoms with Crippen molar-refractivity contribution in [1.82, 2.24) is 0 Å². The number of benzene rings is 2. The van der Waals surface area contributed by atoms with Crippen LogP contribution in [-0.4, -0.2) is 18.6 Å². The first-order valence-corrected chi connectivity index (χ1v) is 7.56. The monoisotopic (exact) mass is 360 g/mol. The van der Waals surface area contributed by atoms with E-state index < -0.39 is 6.09 Å². The van der Waals surface area contributed by atoms with Crippen molar-refractivity contribution in [2.45, 2.75) is 0 Å². The number of carbonyl (C=O) groups is 1. The molecule has 2 rings (SSSR count). The number of halogens is 3. The molecule has 0 heterocycles. The van der Waals surface area contributed by atoms with Crippen LogP contribution in [0.15, 0.2) is 48.5 Å². The minimum absolute atomic E-state index is 0.188. The Morgan fingerprint density at radius 2 is 1.73 bits per heavy atom. The third-order valence-electron chi connectivity index (χ3n) is 2.23. The fourth-order valence-electron chi connectivity index (χ4n) is 1.36. The minimum atomic E-state index is -0.534. The van der Waals surface area contributed by atoms with Crippen molar-refractivity contribution in [3.05, 3.63) is 58.6 Å². The first-order valence-electron chi connectivity index (χ1n) is 6.27. The molecule has 2 aromatic rings. The zero-order valence-corrected chi connectivity index (χ0v) is 13.8. The summed E-state index contributed by atoms with van der Waals surface area (Å²) in [6.45, 7) is 0.188. The molecule has 0 spiro atoms. The Hall–Kier alpha value is -1.62. The van der Waals surface area contributed by atoms with Crippen LogP contribution < -0.4 is 11.1 Å². The Balaban J connectivity index is 0.000000255. The van der Waals surface area contributed by atoms with Gasteiger partial charge in [0.15, 0.2) is 0 Å². The van der Waals surface area contributed by atoms with Gasteiger partial charge >= 0.3 is 6.09 Å². The number of alkyl halides is 1. The molecule has 0 bridgehead atoms. The summed E-state index contributed by atoms with van der Waals surface area (Å²) in [6.07, 6.45) is -0.534. The number of hydrogen-bond donors (Lipinski definition) is 2. The Kier molecular flexibility index (Phi) is 8.51. The number of nitrogens with one attached hydrogen (secondary N) is 1. The molecule has 4 nitrogen and oxygen atoms in total. The van der Waals surface area contributed by atoms with Crippen molar-refractivity contribution >= 4 is 52.3 Å². The summed E-state index contributed by atoms with van der Waals surface area (Å²) in [6, 6.07) is 13.9.